The Morgan fingerprint density at radius 3 is 1.91 bits per heavy atom. The third kappa shape index (κ3) is 3.21. The van der Waals surface area contributed by atoms with Crippen molar-refractivity contribution in [1.82, 2.24) is 9.78 Å². The van der Waals surface area contributed by atoms with Crippen LogP contribution in [0.5, 0.6) is 0 Å². The first-order valence-electron chi connectivity index (χ1n) is 7.51. The number of rotatable bonds is 3. The molecule has 2 aromatic carbocycles. The van der Waals surface area contributed by atoms with Crippen molar-refractivity contribution >= 4 is 0 Å². The van der Waals surface area contributed by atoms with Crippen LogP contribution in [-0.2, 0) is 0 Å². The van der Waals surface area contributed by atoms with Crippen LogP contribution >= 0.6 is 0 Å². The summed E-state index contributed by atoms with van der Waals surface area (Å²) in [5, 5.41) is 4.41. The first-order valence-corrected chi connectivity index (χ1v) is 7.51. The average molecular weight is 308 g/mol. The van der Waals surface area contributed by atoms with E-state index >= 15 is 0 Å². The Labute approximate surface area is 134 Å². The van der Waals surface area contributed by atoms with E-state index in [9.17, 15) is 9.18 Å². The summed E-state index contributed by atoms with van der Waals surface area (Å²) in [5.41, 5.74) is 3.55. The summed E-state index contributed by atoms with van der Waals surface area (Å²) in [4.78, 5) is 11.8. The predicted molar refractivity (Wildman–Crippen MR) is 89.7 cm³/mol. The molecule has 0 saturated heterocycles. The summed E-state index contributed by atoms with van der Waals surface area (Å²) in [6.45, 7) is 3.85. The Kier molecular flexibility index (Phi) is 4.06. The van der Waals surface area contributed by atoms with Gasteiger partial charge in [0.25, 0.3) is 5.56 Å². The van der Waals surface area contributed by atoms with Crippen molar-refractivity contribution in [2.24, 2.45) is 0 Å². The Hall–Kier alpha value is -2.75. The second-order valence-corrected chi connectivity index (χ2v) is 5.68. The topological polar surface area (TPSA) is 34.9 Å². The number of halogens is 1. The number of nitrogens with zero attached hydrogens (tertiary/aromatic N) is 2. The highest BCUT2D eigenvalue weighted by molar-refractivity contribution is 5.68. The second kappa shape index (κ2) is 6.16. The average Bonchev–Trinajstić information content (AvgIpc) is 2.56. The van der Waals surface area contributed by atoms with E-state index in [1.165, 1.54) is 22.9 Å². The maximum Gasteiger partial charge on any atom is 0.267 e. The summed E-state index contributed by atoms with van der Waals surface area (Å²) in [7, 11) is 0. The Bertz CT molecular complexity index is 865. The molecule has 3 nitrogen and oxygen atoms in total. The van der Waals surface area contributed by atoms with Crippen molar-refractivity contribution in [2.45, 2.75) is 19.9 Å². The van der Waals surface area contributed by atoms with Crippen LogP contribution in [0.3, 0.4) is 0 Å². The van der Waals surface area contributed by atoms with Crippen LogP contribution in [0.2, 0.25) is 0 Å². The van der Waals surface area contributed by atoms with Crippen LogP contribution < -0.4 is 5.56 Å². The minimum atomic E-state index is -0.245. The molecule has 0 radical (unpaired) electrons. The van der Waals surface area contributed by atoms with Crippen LogP contribution in [0.15, 0.2) is 65.5 Å². The zero-order valence-electron chi connectivity index (χ0n) is 13.0. The minimum Gasteiger partial charge on any atom is -0.268 e. The largest absolute Gasteiger partial charge is 0.268 e. The van der Waals surface area contributed by atoms with Gasteiger partial charge in [0.05, 0.1) is 11.7 Å². The molecule has 4 heteroatoms. The number of hydrogen-bond acceptors (Lipinski definition) is 2. The Balaban J connectivity index is 1.95. The SMILES string of the molecule is CC(C)n1nc(-c2ccc(-c3ccc(F)cc3)cc2)ccc1=O. The van der Waals surface area contributed by atoms with E-state index in [1.54, 1.807) is 18.2 Å². The fourth-order valence-electron chi connectivity index (χ4n) is 2.42. The molecule has 0 saturated carbocycles. The van der Waals surface area contributed by atoms with Gasteiger partial charge in [-0.1, -0.05) is 36.4 Å². The normalized spacial score (nSPS) is 11.0. The number of aromatic nitrogens is 2. The summed E-state index contributed by atoms with van der Waals surface area (Å²) >= 11 is 0. The zero-order chi connectivity index (χ0) is 16.4. The fourth-order valence-corrected chi connectivity index (χ4v) is 2.42. The smallest absolute Gasteiger partial charge is 0.267 e. The summed E-state index contributed by atoms with van der Waals surface area (Å²) < 4.78 is 14.5. The highest BCUT2D eigenvalue weighted by Crippen LogP contribution is 2.23. The van der Waals surface area contributed by atoms with Gasteiger partial charge in [-0.15, -0.1) is 0 Å². The first-order chi connectivity index (χ1) is 11.0. The lowest BCUT2D eigenvalue weighted by atomic mass is 10.0. The van der Waals surface area contributed by atoms with E-state index in [4.69, 9.17) is 0 Å². The summed E-state index contributed by atoms with van der Waals surface area (Å²) in [6.07, 6.45) is 0. The van der Waals surface area contributed by atoms with E-state index in [1.807, 2.05) is 38.1 Å². The molecule has 0 unspecified atom stereocenters. The molecule has 0 N–H and O–H groups in total. The Morgan fingerprint density at radius 2 is 1.35 bits per heavy atom. The van der Waals surface area contributed by atoms with Gasteiger partial charge in [-0.25, -0.2) is 9.07 Å². The van der Waals surface area contributed by atoms with Crippen LogP contribution in [0, 0.1) is 5.82 Å². The van der Waals surface area contributed by atoms with E-state index in [2.05, 4.69) is 5.10 Å². The third-order valence-corrected chi connectivity index (χ3v) is 3.67. The molecule has 0 atom stereocenters. The lowest BCUT2D eigenvalue weighted by molar-refractivity contribution is 0.505. The van der Waals surface area contributed by atoms with E-state index < -0.39 is 0 Å². The van der Waals surface area contributed by atoms with Gasteiger partial charge in [-0.3, -0.25) is 4.79 Å². The highest BCUT2D eigenvalue weighted by atomic mass is 19.1. The summed E-state index contributed by atoms with van der Waals surface area (Å²) in [6, 6.07) is 17.5. The minimum absolute atomic E-state index is 0.0148. The fraction of sp³-hybridized carbons (Fsp3) is 0.158. The van der Waals surface area contributed by atoms with Crippen molar-refractivity contribution in [3.8, 4) is 22.4 Å². The van der Waals surface area contributed by atoms with Crippen LogP contribution in [0.4, 0.5) is 4.39 Å². The van der Waals surface area contributed by atoms with Gasteiger partial charge >= 0.3 is 0 Å². The molecular formula is C19H17FN2O. The van der Waals surface area contributed by atoms with Crippen molar-refractivity contribution in [1.29, 1.82) is 0 Å². The predicted octanol–water partition coefficient (Wildman–Crippen LogP) is 4.30. The zero-order valence-corrected chi connectivity index (χ0v) is 13.0. The summed E-state index contributed by atoms with van der Waals surface area (Å²) in [5.74, 6) is -0.245. The van der Waals surface area contributed by atoms with E-state index in [-0.39, 0.29) is 17.4 Å². The second-order valence-electron chi connectivity index (χ2n) is 5.68. The number of hydrogen-bond donors (Lipinski definition) is 0. The van der Waals surface area contributed by atoms with Crippen molar-refractivity contribution in [2.75, 3.05) is 0 Å². The molecule has 0 spiro atoms. The van der Waals surface area contributed by atoms with Gasteiger partial charge in [-0.2, -0.15) is 5.10 Å². The third-order valence-electron chi connectivity index (χ3n) is 3.67. The lowest BCUT2D eigenvalue weighted by Crippen LogP contribution is -2.23. The quantitative estimate of drug-likeness (QED) is 0.723. The first kappa shape index (κ1) is 15.2. The van der Waals surface area contributed by atoms with E-state index in [0.29, 0.717) is 0 Å². The molecule has 0 bridgehead atoms. The monoisotopic (exact) mass is 308 g/mol. The van der Waals surface area contributed by atoms with Gasteiger partial charge < -0.3 is 0 Å². The molecule has 0 aliphatic heterocycles. The van der Waals surface area contributed by atoms with Gasteiger partial charge in [0.15, 0.2) is 0 Å². The van der Waals surface area contributed by atoms with Gasteiger partial charge in [0.1, 0.15) is 5.82 Å². The van der Waals surface area contributed by atoms with Gasteiger partial charge in [-0.05, 0) is 43.2 Å². The maximum absolute atomic E-state index is 13.0. The number of benzene rings is 2. The van der Waals surface area contributed by atoms with Crippen molar-refractivity contribution < 1.29 is 4.39 Å². The van der Waals surface area contributed by atoms with Crippen LogP contribution in [0.25, 0.3) is 22.4 Å². The standard InChI is InChI=1S/C19H17FN2O/c1-13(2)22-19(23)12-11-18(21-22)16-5-3-14(4-6-16)15-7-9-17(20)10-8-15/h3-13H,1-2H3. The molecule has 0 amide bonds. The maximum atomic E-state index is 13.0. The molecule has 0 aliphatic rings. The van der Waals surface area contributed by atoms with Crippen LogP contribution in [-0.4, -0.2) is 9.78 Å². The Morgan fingerprint density at radius 1 is 0.826 bits per heavy atom. The molecule has 1 heterocycles. The lowest BCUT2D eigenvalue weighted by Gasteiger charge is -2.10. The van der Waals surface area contributed by atoms with Gasteiger partial charge in [0, 0.05) is 11.6 Å². The molecule has 0 aliphatic carbocycles. The van der Waals surface area contributed by atoms with Crippen LogP contribution in [0.1, 0.15) is 19.9 Å². The van der Waals surface area contributed by atoms with E-state index in [0.717, 1.165) is 22.4 Å². The molecular weight excluding hydrogens is 291 g/mol. The molecule has 3 aromatic rings. The molecule has 0 fully saturated rings. The highest BCUT2D eigenvalue weighted by Gasteiger charge is 2.06. The molecule has 116 valence electrons. The molecule has 3 rings (SSSR count). The molecule has 23 heavy (non-hydrogen) atoms. The van der Waals surface area contributed by atoms with Crippen molar-refractivity contribution in [3.05, 3.63) is 76.8 Å². The van der Waals surface area contributed by atoms with Gasteiger partial charge in [0.2, 0.25) is 0 Å². The molecule has 1 aromatic heterocycles. The van der Waals surface area contributed by atoms with Crippen molar-refractivity contribution in [3.63, 3.8) is 0 Å².